The molecule has 1 spiro atoms. The van der Waals surface area contributed by atoms with E-state index in [1.807, 2.05) is 42.5 Å². The van der Waals surface area contributed by atoms with Gasteiger partial charge in [-0.3, -0.25) is 14.5 Å². The van der Waals surface area contributed by atoms with Crippen LogP contribution in [0.1, 0.15) is 59.9 Å². The minimum absolute atomic E-state index is 0.103. The maximum absolute atomic E-state index is 14.3. The number of likely N-dealkylation sites (tertiary alicyclic amines) is 1. The number of halogens is 2. The molecule has 3 aromatic carbocycles. The van der Waals surface area contributed by atoms with Gasteiger partial charge < -0.3 is 15.4 Å². The molecule has 0 unspecified atom stereocenters. The number of terminal acetylenes is 1. The Morgan fingerprint density at radius 2 is 1.80 bits per heavy atom. The topological polar surface area (TPSA) is 70.7 Å². The number of ether oxygens (including phenoxy) is 1. The summed E-state index contributed by atoms with van der Waals surface area (Å²) in [6.07, 6.45) is 9.59. The first-order valence-corrected chi connectivity index (χ1v) is 14.8. The highest BCUT2D eigenvalue weighted by Crippen LogP contribution is 2.58. The Kier molecular flexibility index (Phi) is 7.70. The molecule has 0 aromatic heterocycles. The maximum atomic E-state index is 14.3. The Morgan fingerprint density at radius 1 is 1.00 bits per heavy atom. The highest BCUT2D eigenvalue weighted by molar-refractivity contribution is 6.31. The predicted molar refractivity (Wildman–Crippen MR) is 162 cm³/mol. The Bertz CT molecular complexity index is 1540. The lowest BCUT2D eigenvalue weighted by molar-refractivity contribution is -0.131. The number of anilines is 1. The van der Waals surface area contributed by atoms with E-state index in [4.69, 9.17) is 34.4 Å². The highest BCUT2D eigenvalue weighted by Gasteiger charge is 2.61. The minimum atomic E-state index is -1.21. The molecule has 2 amide bonds. The number of benzene rings is 3. The van der Waals surface area contributed by atoms with E-state index in [-0.39, 0.29) is 18.2 Å². The minimum Gasteiger partial charge on any atom is -0.492 e. The Hall–Kier alpha value is -3.50. The molecule has 3 atom stereocenters. The van der Waals surface area contributed by atoms with Crippen molar-refractivity contribution >= 4 is 40.7 Å². The average molecular weight is 589 g/mol. The molecule has 2 saturated heterocycles. The smallest absolute Gasteiger partial charge is 0.238 e. The van der Waals surface area contributed by atoms with Crippen LogP contribution in [0.3, 0.4) is 0 Å². The largest absolute Gasteiger partial charge is 0.492 e. The quantitative estimate of drug-likeness (QED) is 0.343. The number of hydrogen-bond acceptors (Lipinski definition) is 4. The van der Waals surface area contributed by atoms with Crippen LogP contribution in [0.4, 0.5) is 5.69 Å². The SMILES string of the molecule is C#Cc1ccc(OCCN2CCCCC2)c([C@H]2NC(=O)C[C@@H](c3cccc(Cl)c3)[C@]23C(=O)Nc2cc(Cl)ccc23)c1. The van der Waals surface area contributed by atoms with Crippen LogP contribution in [-0.2, 0) is 15.0 Å². The van der Waals surface area contributed by atoms with Crippen molar-refractivity contribution in [1.82, 2.24) is 10.2 Å². The number of piperidine rings is 2. The summed E-state index contributed by atoms with van der Waals surface area (Å²) in [5, 5.41) is 7.28. The second-order valence-corrected chi connectivity index (χ2v) is 11.8. The van der Waals surface area contributed by atoms with Gasteiger partial charge in [-0.15, -0.1) is 6.42 Å². The summed E-state index contributed by atoms with van der Waals surface area (Å²) in [6.45, 7) is 3.40. The van der Waals surface area contributed by atoms with Crippen LogP contribution < -0.4 is 15.4 Å². The summed E-state index contributed by atoms with van der Waals surface area (Å²) in [5.74, 6) is 2.38. The van der Waals surface area contributed by atoms with Gasteiger partial charge in [0.05, 0.1) is 6.04 Å². The van der Waals surface area contributed by atoms with Crippen molar-refractivity contribution in [1.29, 1.82) is 0 Å². The number of nitrogens with zero attached hydrogens (tertiary/aromatic N) is 1. The van der Waals surface area contributed by atoms with Crippen LogP contribution in [0.5, 0.6) is 5.75 Å². The van der Waals surface area contributed by atoms with Gasteiger partial charge in [-0.2, -0.15) is 0 Å². The van der Waals surface area contributed by atoms with E-state index >= 15 is 0 Å². The number of amides is 2. The fraction of sp³-hybridized carbons (Fsp3) is 0.333. The number of rotatable bonds is 6. The molecule has 8 heteroatoms. The monoisotopic (exact) mass is 587 g/mol. The third kappa shape index (κ3) is 5.08. The van der Waals surface area contributed by atoms with Crippen molar-refractivity contribution in [3.8, 4) is 18.1 Å². The average Bonchev–Trinajstić information content (AvgIpc) is 3.25. The number of fused-ring (bicyclic) bond motifs is 2. The van der Waals surface area contributed by atoms with Gasteiger partial charge in [0.1, 0.15) is 17.8 Å². The molecular weight excluding hydrogens is 557 g/mol. The molecule has 0 bridgehead atoms. The lowest BCUT2D eigenvalue weighted by atomic mass is 9.59. The van der Waals surface area contributed by atoms with E-state index in [2.05, 4.69) is 21.5 Å². The Balaban J connectivity index is 1.49. The molecule has 0 aliphatic carbocycles. The molecule has 3 aliphatic heterocycles. The van der Waals surface area contributed by atoms with Gasteiger partial charge in [0.2, 0.25) is 11.8 Å². The molecule has 3 aliphatic rings. The van der Waals surface area contributed by atoms with Gasteiger partial charge in [0.15, 0.2) is 0 Å². The van der Waals surface area contributed by atoms with Gasteiger partial charge in [-0.1, -0.05) is 53.7 Å². The third-order valence-electron chi connectivity index (χ3n) is 8.60. The van der Waals surface area contributed by atoms with Gasteiger partial charge in [-0.05, 0) is 79.5 Å². The predicted octanol–water partition coefficient (Wildman–Crippen LogP) is 6.07. The van der Waals surface area contributed by atoms with Gasteiger partial charge >= 0.3 is 0 Å². The maximum Gasteiger partial charge on any atom is 0.238 e. The van der Waals surface area contributed by atoms with E-state index < -0.39 is 17.4 Å². The molecule has 0 saturated carbocycles. The summed E-state index contributed by atoms with van der Waals surface area (Å²) >= 11 is 12.8. The fourth-order valence-electron chi connectivity index (χ4n) is 6.73. The Morgan fingerprint density at radius 3 is 2.59 bits per heavy atom. The zero-order valence-electron chi connectivity index (χ0n) is 22.6. The molecule has 0 radical (unpaired) electrons. The summed E-state index contributed by atoms with van der Waals surface area (Å²) in [7, 11) is 0. The summed E-state index contributed by atoms with van der Waals surface area (Å²) in [4.78, 5) is 30.2. The van der Waals surface area contributed by atoms with E-state index in [1.165, 1.54) is 19.3 Å². The summed E-state index contributed by atoms with van der Waals surface area (Å²) in [5.41, 5.74) is 2.26. The van der Waals surface area contributed by atoms with Crippen LogP contribution in [-0.4, -0.2) is 43.0 Å². The van der Waals surface area contributed by atoms with Crippen LogP contribution in [0, 0.1) is 12.3 Å². The molecule has 6 nitrogen and oxygen atoms in total. The lowest BCUT2D eigenvalue weighted by Crippen LogP contribution is -2.57. The van der Waals surface area contributed by atoms with Crippen molar-refractivity contribution in [3.05, 3.63) is 93.0 Å². The molecule has 3 heterocycles. The molecule has 210 valence electrons. The van der Waals surface area contributed by atoms with Gasteiger partial charge in [0, 0.05) is 45.7 Å². The molecular formula is C33H31Cl2N3O3. The van der Waals surface area contributed by atoms with Crippen LogP contribution in [0.25, 0.3) is 0 Å². The van der Waals surface area contributed by atoms with E-state index in [0.29, 0.717) is 39.2 Å². The lowest BCUT2D eigenvalue weighted by Gasteiger charge is -2.46. The zero-order chi connectivity index (χ0) is 28.6. The molecule has 41 heavy (non-hydrogen) atoms. The van der Waals surface area contributed by atoms with Crippen molar-refractivity contribution in [2.24, 2.45) is 0 Å². The summed E-state index contributed by atoms with van der Waals surface area (Å²) in [6, 6.07) is 17.5. The summed E-state index contributed by atoms with van der Waals surface area (Å²) < 4.78 is 6.40. The number of hydrogen-bond donors (Lipinski definition) is 2. The van der Waals surface area contributed by atoms with Crippen molar-refractivity contribution in [3.63, 3.8) is 0 Å². The normalized spacial score (nSPS) is 23.9. The second-order valence-electron chi connectivity index (χ2n) is 11.0. The van der Waals surface area contributed by atoms with Crippen LogP contribution >= 0.6 is 23.2 Å². The first-order valence-electron chi connectivity index (χ1n) is 14.0. The standard InChI is InChI=1S/C33H31Cl2N3O3/c1-2-21-9-12-29(41-16-15-38-13-4-3-5-14-38)25(17-21)31-33(26-11-10-24(35)19-28(26)36-32(33)40)27(20-30(39)37-31)22-7-6-8-23(34)18-22/h1,6-12,17-19,27,31H,3-5,13-16,20H2,(H,36,40)(H,37,39)/t27-,31+,33-/m0/s1. The van der Waals surface area contributed by atoms with Crippen LogP contribution in [0.2, 0.25) is 10.0 Å². The third-order valence-corrected chi connectivity index (χ3v) is 9.07. The first kappa shape index (κ1) is 27.7. The van der Waals surface area contributed by atoms with Crippen molar-refractivity contribution in [2.45, 2.75) is 43.1 Å². The molecule has 2 N–H and O–H groups in total. The van der Waals surface area contributed by atoms with E-state index in [9.17, 15) is 9.59 Å². The van der Waals surface area contributed by atoms with Gasteiger partial charge in [0.25, 0.3) is 0 Å². The molecule has 2 fully saturated rings. The molecule has 6 rings (SSSR count). The second kappa shape index (κ2) is 11.4. The Labute approximate surface area is 250 Å². The fourth-order valence-corrected chi connectivity index (χ4v) is 7.10. The first-order chi connectivity index (χ1) is 19.9. The van der Waals surface area contributed by atoms with Crippen LogP contribution in [0.15, 0.2) is 60.7 Å². The van der Waals surface area contributed by atoms with E-state index in [1.54, 1.807) is 18.2 Å². The van der Waals surface area contributed by atoms with E-state index in [0.717, 1.165) is 30.8 Å². The highest BCUT2D eigenvalue weighted by atomic mass is 35.5. The number of carbonyl (C=O) groups is 2. The number of nitrogens with one attached hydrogen (secondary N) is 2. The molecule has 3 aromatic rings. The number of carbonyl (C=O) groups excluding carboxylic acids is 2. The zero-order valence-corrected chi connectivity index (χ0v) is 24.1. The van der Waals surface area contributed by atoms with Crippen molar-refractivity contribution in [2.75, 3.05) is 31.6 Å². The van der Waals surface area contributed by atoms with Crippen molar-refractivity contribution < 1.29 is 14.3 Å². The van der Waals surface area contributed by atoms with Gasteiger partial charge in [-0.25, -0.2) is 0 Å².